The van der Waals surface area contributed by atoms with Crippen LogP contribution in [0.5, 0.6) is 0 Å². The molecule has 0 aliphatic rings. The molecule has 0 saturated heterocycles. The van der Waals surface area contributed by atoms with Crippen molar-refractivity contribution >= 4 is 5.82 Å². The van der Waals surface area contributed by atoms with Crippen LogP contribution >= 0.6 is 0 Å². The number of nitrogens with one attached hydrogen (secondary N) is 1. The first-order valence-electron chi connectivity index (χ1n) is 6.96. The van der Waals surface area contributed by atoms with Gasteiger partial charge >= 0.3 is 0 Å². The van der Waals surface area contributed by atoms with Gasteiger partial charge in [-0.25, -0.2) is 0 Å². The predicted octanol–water partition coefficient (Wildman–Crippen LogP) is 2.24. The maximum atomic E-state index is 10.3. The number of rotatable bonds is 7. The van der Waals surface area contributed by atoms with E-state index >= 15 is 0 Å². The van der Waals surface area contributed by atoms with Crippen molar-refractivity contribution in [2.45, 2.75) is 45.6 Å². The zero-order chi connectivity index (χ0) is 16.9. The molecule has 0 radical (unpaired) electrons. The summed E-state index contributed by atoms with van der Waals surface area (Å²) in [6.07, 6.45) is -1.70. The summed E-state index contributed by atoms with van der Waals surface area (Å²) in [5.41, 5.74) is 0.456. The fourth-order valence-corrected chi connectivity index (χ4v) is 1.96. The fourth-order valence-electron chi connectivity index (χ4n) is 1.96. The molecule has 1 aromatic rings. The molecule has 1 unspecified atom stereocenters. The molecule has 1 heterocycles. The van der Waals surface area contributed by atoms with Crippen molar-refractivity contribution in [1.29, 1.82) is 0 Å². The Morgan fingerprint density at radius 3 is 2.27 bits per heavy atom. The second-order valence-corrected chi connectivity index (χ2v) is 5.93. The van der Waals surface area contributed by atoms with Crippen molar-refractivity contribution in [2.75, 3.05) is 26.6 Å². The second-order valence-electron chi connectivity index (χ2n) is 5.93. The van der Waals surface area contributed by atoms with Gasteiger partial charge in [-0.15, -0.1) is 0 Å². The van der Waals surface area contributed by atoms with Gasteiger partial charge in [0.2, 0.25) is 0 Å². The van der Waals surface area contributed by atoms with Gasteiger partial charge in [0, 0.05) is 31.3 Å². The monoisotopic (exact) mass is 314 g/mol. The normalized spacial score (nSPS) is 14.8. The van der Waals surface area contributed by atoms with E-state index in [2.05, 4.69) is 10.5 Å². The molecule has 0 bridgehead atoms. The largest absolute Gasteiger partial charge is 0.496 e. The van der Waals surface area contributed by atoms with E-state index in [1.165, 1.54) is 21.3 Å². The summed E-state index contributed by atoms with van der Waals surface area (Å²) in [6, 6.07) is 1.75. The molecule has 1 atom stereocenters. The van der Waals surface area contributed by atoms with E-state index in [1.807, 2.05) is 20.8 Å². The van der Waals surface area contributed by atoms with Gasteiger partial charge in [-0.3, -0.25) is 0 Å². The zero-order valence-electron chi connectivity index (χ0n) is 14.3. The maximum Gasteiger partial charge on any atom is 0.184 e. The minimum absolute atomic E-state index is 0.162. The molecule has 0 saturated carbocycles. The first-order chi connectivity index (χ1) is 10.2. The lowest BCUT2D eigenvalue weighted by Gasteiger charge is -2.21. The van der Waals surface area contributed by atoms with E-state index in [9.17, 15) is 5.11 Å². The first-order valence-corrected chi connectivity index (χ1v) is 6.96. The van der Waals surface area contributed by atoms with Crippen LogP contribution < -0.4 is 5.32 Å². The molecule has 0 spiro atoms. The number of aliphatic hydroxyl groups excluding tert-OH is 1. The highest BCUT2D eigenvalue weighted by molar-refractivity contribution is 5.38. The minimum Gasteiger partial charge on any atom is -0.496 e. The summed E-state index contributed by atoms with van der Waals surface area (Å²) < 4.78 is 20.8. The summed E-state index contributed by atoms with van der Waals surface area (Å²) in [7, 11) is 4.49. The van der Waals surface area contributed by atoms with Crippen molar-refractivity contribution in [3.05, 3.63) is 23.2 Å². The van der Waals surface area contributed by atoms with Crippen molar-refractivity contribution in [3.63, 3.8) is 0 Å². The smallest absolute Gasteiger partial charge is 0.184 e. The lowest BCUT2D eigenvalue weighted by atomic mass is 9.93. The molecule has 1 aromatic heterocycles. The molecular weight excluding hydrogens is 288 g/mol. The summed E-state index contributed by atoms with van der Waals surface area (Å²) in [6.45, 7) is 7.80. The fraction of sp³-hybridized carbons (Fsp3) is 0.667. The van der Waals surface area contributed by atoms with Crippen molar-refractivity contribution in [3.8, 4) is 0 Å². The Balaban J connectivity index is 2.92. The molecule has 2 N–H and O–H groups in total. The molecule has 22 heavy (non-hydrogen) atoms. The van der Waals surface area contributed by atoms with Gasteiger partial charge < -0.3 is 29.2 Å². The van der Waals surface area contributed by atoms with Crippen LogP contribution in [0.3, 0.4) is 0 Å². The van der Waals surface area contributed by atoms with Crippen molar-refractivity contribution in [1.82, 2.24) is 5.16 Å². The molecule has 0 aliphatic carbocycles. The third-order valence-corrected chi connectivity index (χ3v) is 3.17. The second kappa shape index (κ2) is 7.62. The average Bonchev–Trinajstić information content (AvgIpc) is 2.89. The van der Waals surface area contributed by atoms with Crippen molar-refractivity contribution < 1.29 is 23.8 Å². The molecule has 0 fully saturated rings. The molecule has 0 aromatic carbocycles. The Bertz CT molecular complexity index is 500. The third-order valence-electron chi connectivity index (χ3n) is 3.17. The average molecular weight is 314 g/mol. The number of hydrogen-bond acceptors (Lipinski definition) is 7. The van der Waals surface area contributed by atoms with E-state index in [0.717, 1.165) is 0 Å². The van der Waals surface area contributed by atoms with E-state index in [0.29, 0.717) is 22.9 Å². The number of nitrogens with zero attached hydrogens (tertiary/aromatic N) is 1. The Hall–Kier alpha value is -1.57. The van der Waals surface area contributed by atoms with Gasteiger partial charge in [0.15, 0.2) is 18.3 Å². The van der Waals surface area contributed by atoms with Crippen LogP contribution in [0.25, 0.3) is 0 Å². The van der Waals surface area contributed by atoms with Crippen LogP contribution in [0, 0.1) is 0 Å². The van der Waals surface area contributed by atoms with Gasteiger partial charge in [0.05, 0.1) is 7.11 Å². The molecule has 7 heteroatoms. The SMILES string of the molecule is CO/C(=C(\C)C(OC)OC)C(O)Nc1cc(C(C)(C)C)on1. The van der Waals surface area contributed by atoms with Crippen LogP contribution in [0.2, 0.25) is 0 Å². The molecule has 7 nitrogen and oxygen atoms in total. The van der Waals surface area contributed by atoms with Gasteiger partial charge in [-0.2, -0.15) is 0 Å². The number of hydrogen-bond donors (Lipinski definition) is 2. The lowest BCUT2D eigenvalue weighted by molar-refractivity contribution is -0.0785. The van der Waals surface area contributed by atoms with Gasteiger partial charge in [-0.05, 0) is 6.92 Å². The number of ether oxygens (including phenoxy) is 3. The van der Waals surface area contributed by atoms with Gasteiger partial charge in [0.1, 0.15) is 11.5 Å². The highest BCUT2D eigenvalue weighted by Gasteiger charge is 2.23. The van der Waals surface area contributed by atoms with E-state index in [4.69, 9.17) is 18.7 Å². The minimum atomic E-state index is -1.10. The van der Waals surface area contributed by atoms with Crippen LogP contribution in [-0.4, -0.2) is 44.1 Å². The highest BCUT2D eigenvalue weighted by Crippen LogP contribution is 2.25. The lowest BCUT2D eigenvalue weighted by Crippen LogP contribution is -2.27. The molecular formula is C15H26N2O5. The maximum absolute atomic E-state index is 10.3. The Morgan fingerprint density at radius 2 is 1.86 bits per heavy atom. The summed E-state index contributed by atoms with van der Waals surface area (Å²) in [5, 5.41) is 17.0. The van der Waals surface area contributed by atoms with Crippen LogP contribution in [0.15, 0.2) is 21.9 Å². The van der Waals surface area contributed by atoms with Crippen molar-refractivity contribution in [2.24, 2.45) is 0 Å². The number of methoxy groups -OCH3 is 3. The quantitative estimate of drug-likeness (QED) is 0.589. The molecule has 1 rings (SSSR count). The highest BCUT2D eigenvalue weighted by atomic mass is 16.7. The standard InChI is InChI=1S/C15H26N2O5/c1-9(14(20-6)21-7)12(19-5)13(18)16-11-8-10(22-17-11)15(2,3)4/h8,13-14,18H,1-7H3,(H,16,17)/b12-9+. The number of aromatic nitrogens is 1. The topological polar surface area (TPSA) is 86.0 Å². The Morgan fingerprint density at radius 1 is 1.27 bits per heavy atom. The Kier molecular flexibility index (Phi) is 6.40. The van der Waals surface area contributed by atoms with Crippen LogP contribution in [0.4, 0.5) is 5.82 Å². The molecule has 0 aliphatic heterocycles. The van der Waals surface area contributed by atoms with E-state index in [1.54, 1.807) is 13.0 Å². The van der Waals surface area contributed by atoms with E-state index < -0.39 is 12.5 Å². The predicted molar refractivity (Wildman–Crippen MR) is 82.3 cm³/mol. The summed E-state index contributed by atoms with van der Waals surface area (Å²) >= 11 is 0. The summed E-state index contributed by atoms with van der Waals surface area (Å²) in [5.74, 6) is 1.44. The molecule has 0 amide bonds. The van der Waals surface area contributed by atoms with E-state index in [-0.39, 0.29) is 5.41 Å². The number of anilines is 1. The van der Waals surface area contributed by atoms with Crippen LogP contribution in [0.1, 0.15) is 33.5 Å². The summed E-state index contributed by atoms with van der Waals surface area (Å²) in [4.78, 5) is 0. The zero-order valence-corrected chi connectivity index (χ0v) is 14.3. The van der Waals surface area contributed by atoms with Gasteiger partial charge in [0.25, 0.3) is 0 Å². The van der Waals surface area contributed by atoms with Crippen LogP contribution in [-0.2, 0) is 19.6 Å². The third kappa shape index (κ3) is 4.46. The van der Waals surface area contributed by atoms with Gasteiger partial charge in [-0.1, -0.05) is 25.9 Å². The Labute approximate surface area is 131 Å². The molecule has 126 valence electrons. The number of aliphatic hydroxyl groups is 1. The first kappa shape index (κ1) is 18.5.